The minimum Gasteiger partial charge on any atom is -0.242 e. The molecule has 1 aromatic rings. The number of nitrogens with one attached hydrogen (secondary N) is 1. The maximum absolute atomic E-state index is 12.4. The third-order valence-electron chi connectivity index (χ3n) is 3.62. The van der Waals surface area contributed by atoms with Crippen molar-refractivity contribution in [3.63, 3.8) is 0 Å². The van der Waals surface area contributed by atoms with E-state index in [-0.39, 0.29) is 21.5 Å². The van der Waals surface area contributed by atoms with Gasteiger partial charge in [0, 0.05) is 16.7 Å². The molecule has 0 saturated heterocycles. The van der Waals surface area contributed by atoms with Crippen molar-refractivity contribution in [2.75, 3.05) is 0 Å². The number of pyridine rings is 1. The van der Waals surface area contributed by atoms with E-state index >= 15 is 0 Å². The Balaban J connectivity index is 2.31. The fourth-order valence-corrected chi connectivity index (χ4v) is 4.77. The standard InChI is InChI=1S/C12H16BrClN2O2S/c1-12(2)5-3-4-10(12)16-19(17,18)9-6-8(13)7-15-11(9)14/h6-7,10,16H,3-5H2,1-2H3. The van der Waals surface area contributed by atoms with Crippen LogP contribution >= 0.6 is 27.5 Å². The average Bonchev–Trinajstić information content (AvgIpc) is 2.61. The summed E-state index contributed by atoms with van der Waals surface area (Å²) in [5, 5.41) is -0.00787. The Morgan fingerprint density at radius 2 is 2.21 bits per heavy atom. The molecule has 1 fully saturated rings. The van der Waals surface area contributed by atoms with Crippen LogP contribution in [0.25, 0.3) is 0 Å². The maximum atomic E-state index is 12.4. The largest absolute Gasteiger partial charge is 0.243 e. The molecule has 1 N–H and O–H groups in total. The molecular weight excluding hydrogens is 352 g/mol. The molecule has 0 radical (unpaired) electrons. The summed E-state index contributed by atoms with van der Waals surface area (Å²) in [6.45, 7) is 4.15. The molecule has 1 unspecified atom stereocenters. The van der Waals surface area contributed by atoms with Gasteiger partial charge in [-0.05, 0) is 40.3 Å². The topological polar surface area (TPSA) is 59.1 Å². The summed E-state index contributed by atoms with van der Waals surface area (Å²) in [5.41, 5.74) is -0.0288. The molecule has 1 atom stereocenters. The highest BCUT2D eigenvalue weighted by atomic mass is 79.9. The predicted molar refractivity (Wildman–Crippen MR) is 78.7 cm³/mol. The second-order valence-electron chi connectivity index (χ2n) is 5.50. The van der Waals surface area contributed by atoms with Crippen LogP contribution in [0.1, 0.15) is 33.1 Å². The average molecular weight is 368 g/mol. The van der Waals surface area contributed by atoms with Gasteiger partial charge < -0.3 is 0 Å². The Morgan fingerprint density at radius 1 is 1.53 bits per heavy atom. The third-order valence-corrected chi connectivity index (χ3v) is 5.95. The smallest absolute Gasteiger partial charge is 0.242 e. The summed E-state index contributed by atoms with van der Waals surface area (Å²) < 4.78 is 28.1. The van der Waals surface area contributed by atoms with E-state index in [1.54, 1.807) is 0 Å². The van der Waals surface area contributed by atoms with Gasteiger partial charge >= 0.3 is 0 Å². The zero-order valence-electron chi connectivity index (χ0n) is 10.8. The van der Waals surface area contributed by atoms with Gasteiger partial charge in [-0.2, -0.15) is 0 Å². The molecule has 1 saturated carbocycles. The molecule has 7 heteroatoms. The molecule has 4 nitrogen and oxygen atoms in total. The van der Waals surface area contributed by atoms with Gasteiger partial charge in [0.1, 0.15) is 10.0 Å². The van der Waals surface area contributed by atoms with Crippen molar-refractivity contribution in [2.24, 2.45) is 5.41 Å². The molecule has 1 aliphatic rings. The Labute approximate surface area is 127 Å². The van der Waals surface area contributed by atoms with Crippen LogP contribution in [0.2, 0.25) is 5.15 Å². The van der Waals surface area contributed by atoms with Crippen molar-refractivity contribution < 1.29 is 8.42 Å². The lowest BCUT2D eigenvalue weighted by Crippen LogP contribution is -2.41. The first-order chi connectivity index (χ1) is 8.72. The summed E-state index contributed by atoms with van der Waals surface area (Å²) in [4.78, 5) is 3.87. The van der Waals surface area contributed by atoms with Gasteiger partial charge in [0.15, 0.2) is 0 Å². The molecule has 2 rings (SSSR count). The molecule has 0 spiro atoms. The lowest BCUT2D eigenvalue weighted by molar-refractivity contribution is 0.313. The van der Waals surface area contributed by atoms with Gasteiger partial charge in [-0.25, -0.2) is 18.1 Å². The van der Waals surface area contributed by atoms with Gasteiger partial charge in [0.2, 0.25) is 10.0 Å². The SMILES string of the molecule is CC1(C)CCCC1NS(=O)(=O)c1cc(Br)cnc1Cl. The fraction of sp³-hybridized carbons (Fsp3) is 0.583. The zero-order chi connectivity index (χ0) is 14.3. The van der Waals surface area contributed by atoms with Crippen molar-refractivity contribution in [3.05, 3.63) is 21.9 Å². The minimum atomic E-state index is -3.64. The normalized spacial score (nSPS) is 22.6. The van der Waals surface area contributed by atoms with Gasteiger partial charge in [0.25, 0.3) is 0 Å². The molecule has 0 aromatic carbocycles. The summed E-state index contributed by atoms with van der Waals surface area (Å²) in [5.74, 6) is 0. The number of halogens is 2. The first-order valence-electron chi connectivity index (χ1n) is 6.06. The van der Waals surface area contributed by atoms with Crippen LogP contribution in [0.3, 0.4) is 0 Å². The summed E-state index contributed by atoms with van der Waals surface area (Å²) in [6, 6.07) is 1.41. The molecule has 0 aliphatic heterocycles. The highest BCUT2D eigenvalue weighted by molar-refractivity contribution is 9.10. The highest BCUT2D eigenvalue weighted by Gasteiger charge is 2.37. The lowest BCUT2D eigenvalue weighted by atomic mass is 9.88. The molecule has 1 aromatic heterocycles. The molecule has 19 heavy (non-hydrogen) atoms. The van der Waals surface area contributed by atoms with E-state index in [1.165, 1.54) is 12.3 Å². The van der Waals surface area contributed by atoms with E-state index in [9.17, 15) is 8.42 Å². The van der Waals surface area contributed by atoms with E-state index in [4.69, 9.17) is 11.6 Å². The predicted octanol–water partition coefficient (Wildman–Crippen LogP) is 3.35. The Bertz CT molecular complexity index is 589. The summed E-state index contributed by atoms with van der Waals surface area (Å²) >= 11 is 9.10. The number of hydrogen-bond donors (Lipinski definition) is 1. The van der Waals surface area contributed by atoms with Gasteiger partial charge in [-0.1, -0.05) is 31.9 Å². The summed E-state index contributed by atoms with van der Waals surface area (Å²) in [6.07, 6.45) is 4.38. The van der Waals surface area contributed by atoms with Crippen LogP contribution in [0, 0.1) is 5.41 Å². The Morgan fingerprint density at radius 3 is 2.79 bits per heavy atom. The van der Waals surface area contributed by atoms with Crippen LogP contribution < -0.4 is 4.72 Å². The van der Waals surface area contributed by atoms with Gasteiger partial charge in [0.05, 0.1) is 0 Å². The van der Waals surface area contributed by atoms with E-state index < -0.39 is 10.0 Å². The highest BCUT2D eigenvalue weighted by Crippen LogP contribution is 2.38. The maximum Gasteiger partial charge on any atom is 0.243 e. The van der Waals surface area contributed by atoms with E-state index in [2.05, 4.69) is 39.5 Å². The number of nitrogens with zero attached hydrogens (tertiary/aromatic N) is 1. The molecule has 0 bridgehead atoms. The van der Waals surface area contributed by atoms with Crippen LogP contribution in [0.4, 0.5) is 0 Å². The van der Waals surface area contributed by atoms with Crippen LogP contribution in [-0.4, -0.2) is 19.4 Å². The Kier molecular flexibility index (Phi) is 4.26. The zero-order valence-corrected chi connectivity index (χ0v) is 13.9. The van der Waals surface area contributed by atoms with Crippen molar-refractivity contribution in [3.8, 4) is 0 Å². The second-order valence-corrected chi connectivity index (χ2v) is 8.45. The van der Waals surface area contributed by atoms with Crippen molar-refractivity contribution in [2.45, 2.75) is 44.0 Å². The number of rotatable bonds is 3. The van der Waals surface area contributed by atoms with Crippen LogP contribution in [0.15, 0.2) is 21.6 Å². The summed E-state index contributed by atoms with van der Waals surface area (Å²) in [7, 11) is -3.64. The molecule has 0 amide bonds. The van der Waals surface area contributed by atoms with Crippen molar-refractivity contribution >= 4 is 37.6 Å². The number of sulfonamides is 1. The van der Waals surface area contributed by atoms with Gasteiger partial charge in [-0.3, -0.25) is 0 Å². The molecule has 1 aliphatic carbocycles. The molecule has 106 valence electrons. The minimum absolute atomic E-state index is 0.00787. The quantitative estimate of drug-likeness (QED) is 0.833. The van der Waals surface area contributed by atoms with Gasteiger partial charge in [-0.15, -0.1) is 0 Å². The first kappa shape index (κ1) is 15.2. The number of aromatic nitrogens is 1. The van der Waals surface area contributed by atoms with E-state index in [1.807, 2.05) is 0 Å². The number of hydrogen-bond acceptors (Lipinski definition) is 3. The van der Waals surface area contributed by atoms with Crippen molar-refractivity contribution in [1.29, 1.82) is 0 Å². The fourth-order valence-electron chi connectivity index (χ4n) is 2.39. The van der Waals surface area contributed by atoms with E-state index in [0.717, 1.165) is 19.3 Å². The lowest BCUT2D eigenvalue weighted by Gasteiger charge is -2.27. The second kappa shape index (κ2) is 5.31. The monoisotopic (exact) mass is 366 g/mol. The van der Waals surface area contributed by atoms with Crippen LogP contribution in [-0.2, 0) is 10.0 Å². The molecule has 1 heterocycles. The molecular formula is C12H16BrClN2O2S. The van der Waals surface area contributed by atoms with Crippen molar-refractivity contribution in [1.82, 2.24) is 9.71 Å². The van der Waals surface area contributed by atoms with E-state index in [0.29, 0.717) is 4.47 Å². The third kappa shape index (κ3) is 3.29. The van der Waals surface area contributed by atoms with Crippen LogP contribution in [0.5, 0.6) is 0 Å². The first-order valence-corrected chi connectivity index (χ1v) is 8.71. The Hall–Kier alpha value is -0.170.